The van der Waals surface area contributed by atoms with Gasteiger partial charge in [0, 0.05) is 5.71 Å². The van der Waals surface area contributed by atoms with Crippen molar-refractivity contribution >= 4 is 35.0 Å². The molecule has 3 N–H and O–H groups in total. The van der Waals surface area contributed by atoms with Crippen molar-refractivity contribution in [3.8, 4) is 0 Å². The monoisotopic (exact) mass is 442 g/mol. The van der Waals surface area contributed by atoms with Gasteiger partial charge >= 0.3 is 5.97 Å². The molecule has 1 amide bonds. The number of nitrogens with one attached hydrogen (secondary N) is 2. The number of Topliss-reactive ketones (excluding diaryl/α,β-unsaturated/α-hetero) is 1. The lowest BCUT2D eigenvalue weighted by Crippen LogP contribution is -2.31. The van der Waals surface area contributed by atoms with Crippen molar-refractivity contribution in [2.24, 2.45) is 0 Å². The minimum atomic E-state index is -0.708. The first kappa shape index (κ1) is 23.8. The van der Waals surface area contributed by atoms with E-state index >= 15 is 0 Å². The lowest BCUT2D eigenvalue weighted by molar-refractivity contribution is -0.144. The van der Waals surface area contributed by atoms with Crippen molar-refractivity contribution in [1.29, 1.82) is 5.41 Å². The number of esters is 1. The fourth-order valence-corrected chi connectivity index (χ4v) is 3.17. The number of ketones is 1. The quantitative estimate of drug-likeness (QED) is 0.233. The van der Waals surface area contributed by atoms with Gasteiger partial charge in [-0.15, -0.1) is 0 Å². The van der Waals surface area contributed by atoms with Gasteiger partial charge in [-0.2, -0.15) is 0 Å². The zero-order valence-corrected chi connectivity index (χ0v) is 17.9. The molecule has 0 spiro atoms. The van der Waals surface area contributed by atoms with Crippen molar-refractivity contribution in [3.05, 3.63) is 82.1 Å². The van der Waals surface area contributed by atoms with Crippen LogP contribution in [0.1, 0.15) is 42.2 Å². The lowest BCUT2D eigenvalue weighted by Gasteiger charge is -2.19. The Balaban J connectivity index is 2.15. The molecule has 0 aliphatic carbocycles. The third-order valence-electron chi connectivity index (χ3n) is 4.38. The molecule has 0 bridgehead atoms. The molecule has 0 heterocycles. The van der Waals surface area contributed by atoms with Crippen LogP contribution in [0.15, 0.2) is 65.9 Å². The largest absolute Gasteiger partial charge is 0.508 e. The summed E-state index contributed by atoms with van der Waals surface area (Å²) in [5.41, 5.74) is 0.626. The molecular weight excluding hydrogens is 420 g/mol. The smallest absolute Gasteiger partial charge is 0.308 e. The molecule has 162 valence electrons. The molecular formula is C23H23ClN2O5. The molecule has 7 nitrogen and oxygen atoms in total. The van der Waals surface area contributed by atoms with E-state index in [1.807, 2.05) is 0 Å². The Labute approximate surface area is 185 Å². The Kier molecular flexibility index (Phi) is 8.52. The zero-order valence-electron chi connectivity index (χ0n) is 17.1. The molecule has 1 atom stereocenters. The number of carbonyl (C=O) groups excluding carboxylic acids is 3. The number of hydrogen-bond acceptors (Lipinski definition) is 6. The molecule has 0 fully saturated rings. The van der Waals surface area contributed by atoms with Gasteiger partial charge in [-0.25, -0.2) is 0 Å². The Hall–Kier alpha value is -3.45. The van der Waals surface area contributed by atoms with E-state index in [-0.39, 0.29) is 28.3 Å². The molecule has 2 aromatic rings. The first-order valence-electron chi connectivity index (χ1n) is 9.45. The first-order chi connectivity index (χ1) is 14.7. The fraction of sp³-hybridized carbons (Fsp3) is 0.217. The minimum absolute atomic E-state index is 0.129. The summed E-state index contributed by atoms with van der Waals surface area (Å²) in [5.74, 6) is -2.15. The van der Waals surface area contributed by atoms with E-state index in [1.54, 1.807) is 54.6 Å². The van der Waals surface area contributed by atoms with Gasteiger partial charge in [0.1, 0.15) is 12.4 Å². The van der Waals surface area contributed by atoms with E-state index in [0.29, 0.717) is 5.56 Å². The highest BCUT2D eigenvalue weighted by molar-refractivity contribution is 6.33. The van der Waals surface area contributed by atoms with Crippen LogP contribution in [0.2, 0.25) is 5.02 Å². The number of aliphatic hydroxyl groups excluding tert-OH is 1. The van der Waals surface area contributed by atoms with Crippen LogP contribution in [-0.4, -0.2) is 35.1 Å². The van der Waals surface area contributed by atoms with E-state index in [4.69, 9.17) is 21.7 Å². The van der Waals surface area contributed by atoms with E-state index < -0.39 is 36.1 Å². The van der Waals surface area contributed by atoms with Crippen LogP contribution in [-0.2, 0) is 14.3 Å². The molecule has 1 unspecified atom stereocenters. The molecule has 0 aromatic heterocycles. The van der Waals surface area contributed by atoms with Crippen LogP contribution in [0.3, 0.4) is 0 Å². The average molecular weight is 443 g/mol. The summed E-state index contributed by atoms with van der Waals surface area (Å²) in [6.07, 6.45) is -0.216. The number of rotatable bonds is 9. The highest BCUT2D eigenvalue weighted by Gasteiger charge is 2.22. The van der Waals surface area contributed by atoms with Gasteiger partial charge in [-0.1, -0.05) is 54.1 Å². The number of allylic oxidation sites excluding steroid dienone is 1. The molecule has 2 rings (SSSR count). The molecule has 0 radical (unpaired) electrons. The van der Waals surface area contributed by atoms with Crippen LogP contribution in [0, 0.1) is 5.41 Å². The molecule has 0 aliphatic heterocycles. The van der Waals surface area contributed by atoms with Gasteiger partial charge < -0.3 is 20.6 Å². The normalized spacial score (nSPS) is 12.4. The lowest BCUT2D eigenvalue weighted by atomic mass is 10.0. The van der Waals surface area contributed by atoms with Gasteiger partial charge in [0.15, 0.2) is 5.78 Å². The predicted molar refractivity (Wildman–Crippen MR) is 117 cm³/mol. The van der Waals surface area contributed by atoms with Crippen molar-refractivity contribution in [3.63, 3.8) is 0 Å². The van der Waals surface area contributed by atoms with Gasteiger partial charge in [-0.3, -0.25) is 14.4 Å². The minimum Gasteiger partial charge on any atom is -0.508 e. The summed E-state index contributed by atoms with van der Waals surface area (Å²) >= 11 is 6.09. The highest BCUT2D eigenvalue weighted by Crippen LogP contribution is 2.21. The zero-order chi connectivity index (χ0) is 23.0. The number of amides is 1. The summed E-state index contributed by atoms with van der Waals surface area (Å²) in [5, 5.41) is 20.7. The first-order valence-corrected chi connectivity index (χ1v) is 9.83. The topological polar surface area (TPSA) is 117 Å². The van der Waals surface area contributed by atoms with E-state index in [0.717, 1.165) is 0 Å². The van der Waals surface area contributed by atoms with Crippen LogP contribution in [0.5, 0.6) is 0 Å². The number of benzene rings is 2. The Morgan fingerprint density at radius 1 is 1.06 bits per heavy atom. The summed E-state index contributed by atoms with van der Waals surface area (Å²) in [7, 11) is 0. The maximum atomic E-state index is 12.7. The maximum Gasteiger partial charge on any atom is 0.308 e. The second kappa shape index (κ2) is 11.1. The SMILES string of the molecule is CC(=N)C(C(C)=O)=C(O)COC(=O)CC(NC(=O)c1ccccc1Cl)c1ccccc1. The molecule has 0 saturated heterocycles. The Morgan fingerprint density at radius 3 is 2.26 bits per heavy atom. The third kappa shape index (κ3) is 6.79. The number of halogens is 1. The molecule has 8 heteroatoms. The van der Waals surface area contributed by atoms with Crippen molar-refractivity contribution in [2.45, 2.75) is 26.3 Å². The predicted octanol–water partition coefficient (Wildman–Crippen LogP) is 4.19. The average Bonchev–Trinajstić information content (AvgIpc) is 2.72. The third-order valence-corrected chi connectivity index (χ3v) is 4.71. The summed E-state index contributed by atoms with van der Waals surface area (Å²) < 4.78 is 5.08. The van der Waals surface area contributed by atoms with E-state index in [9.17, 15) is 19.5 Å². The second-order valence-electron chi connectivity index (χ2n) is 6.78. The van der Waals surface area contributed by atoms with E-state index in [2.05, 4.69) is 5.32 Å². The number of hydrogen-bond donors (Lipinski definition) is 3. The summed E-state index contributed by atoms with van der Waals surface area (Å²) in [6.45, 7) is 2.01. The van der Waals surface area contributed by atoms with Crippen LogP contribution < -0.4 is 5.32 Å². The van der Waals surface area contributed by atoms with Gasteiger partial charge in [0.25, 0.3) is 5.91 Å². The maximum absolute atomic E-state index is 12.7. The fourth-order valence-electron chi connectivity index (χ4n) is 2.95. The Morgan fingerprint density at radius 2 is 1.68 bits per heavy atom. The van der Waals surface area contributed by atoms with Crippen LogP contribution in [0.4, 0.5) is 0 Å². The van der Waals surface area contributed by atoms with Crippen molar-refractivity contribution < 1.29 is 24.2 Å². The Bertz CT molecular complexity index is 1000. The van der Waals surface area contributed by atoms with Gasteiger partial charge in [0.2, 0.25) is 0 Å². The highest BCUT2D eigenvalue weighted by atomic mass is 35.5. The van der Waals surface area contributed by atoms with E-state index in [1.165, 1.54) is 13.8 Å². The van der Waals surface area contributed by atoms with Crippen molar-refractivity contribution in [1.82, 2.24) is 5.32 Å². The number of ether oxygens (including phenoxy) is 1. The van der Waals surface area contributed by atoms with Crippen LogP contribution >= 0.6 is 11.6 Å². The summed E-state index contributed by atoms with van der Waals surface area (Å²) in [4.78, 5) is 36.6. The number of carbonyl (C=O) groups is 3. The van der Waals surface area contributed by atoms with Gasteiger partial charge in [0.05, 0.1) is 28.6 Å². The molecule has 0 saturated carbocycles. The molecule has 0 aliphatic rings. The van der Waals surface area contributed by atoms with Crippen molar-refractivity contribution in [2.75, 3.05) is 6.61 Å². The molecule has 31 heavy (non-hydrogen) atoms. The molecule has 2 aromatic carbocycles. The van der Waals surface area contributed by atoms with Crippen LogP contribution in [0.25, 0.3) is 0 Å². The second-order valence-corrected chi connectivity index (χ2v) is 7.19. The summed E-state index contributed by atoms with van der Waals surface area (Å²) in [6, 6.07) is 14.7. The van der Waals surface area contributed by atoms with Gasteiger partial charge in [-0.05, 0) is 31.5 Å². The standard InChI is InChI=1S/C23H23ClN2O5/c1-14(25)22(15(2)27)20(28)13-31-21(29)12-19(16-8-4-3-5-9-16)26-23(30)17-10-6-7-11-18(17)24/h3-11,19,25,28H,12-13H2,1-2H3,(H,26,30). The number of aliphatic hydroxyl groups is 1.